The highest BCUT2D eigenvalue weighted by Crippen LogP contribution is 2.59. The van der Waals surface area contributed by atoms with Crippen LogP contribution in [0.1, 0.15) is 39.0 Å². The third-order valence-corrected chi connectivity index (χ3v) is 3.99. The Bertz CT molecular complexity index is 199. The van der Waals surface area contributed by atoms with Crippen molar-refractivity contribution in [3.63, 3.8) is 0 Å². The molecule has 1 nitrogen and oxygen atoms in total. The van der Waals surface area contributed by atoms with Gasteiger partial charge in [0.05, 0.1) is 0 Å². The molecule has 2 saturated carbocycles. The Morgan fingerprint density at radius 2 is 2.08 bits per heavy atom. The molecule has 0 aromatic rings. The molecular formula is C12H21N. The number of rotatable bonds is 4. The molecule has 3 unspecified atom stereocenters. The van der Waals surface area contributed by atoms with E-state index in [0.29, 0.717) is 6.04 Å². The molecule has 74 valence electrons. The van der Waals surface area contributed by atoms with E-state index in [4.69, 9.17) is 5.73 Å². The van der Waals surface area contributed by atoms with Crippen molar-refractivity contribution in [3.05, 3.63) is 12.2 Å². The minimum Gasteiger partial charge on any atom is -0.327 e. The molecule has 2 aliphatic carbocycles. The van der Waals surface area contributed by atoms with Gasteiger partial charge >= 0.3 is 0 Å². The highest BCUT2D eigenvalue weighted by molar-refractivity contribution is 5.09. The van der Waals surface area contributed by atoms with Gasteiger partial charge in [0.25, 0.3) is 0 Å². The van der Waals surface area contributed by atoms with Gasteiger partial charge in [-0.05, 0) is 43.4 Å². The summed E-state index contributed by atoms with van der Waals surface area (Å²) in [6.45, 7) is 6.21. The number of nitrogens with two attached hydrogens (primary N) is 1. The minimum atomic E-state index is 0.419. The van der Waals surface area contributed by atoms with Crippen molar-refractivity contribution >= 4 is 0 Å². The SMILES string of the molecule is C=C(CC)CC(N)C1C2CCCC21. The lowest BCUT2D eigenvalue weighted by molar-refractivity contribution is 0.480. The molecular weight excluding hydrogens is 158 g/mol. The molecule has 2 fully saturated rings. The van der Waals surface area contributed by atoms with Crippen LogP contribution in [0.15, 0.2) is 12.2 Å². The van der Waals surface area contributed by atoms with Crippen molar-refractivity contribution in [1.29, 1.82) is 0 Å². The molecule has 13 heavy (non-hydrogen) atoms. The standard InChI is InChI=1S/C12H21N/c1-3-8(2)7-11(13)12-9-5-4-6-10(9)12/h9-12H,2-7,13H2,1H3. The highest BCUT2D eigenvalue weighted by atomic mass is 14.7. The Balaban J connectivity index is 1.79. The molecule has 3 atom stereocenters. The van der Waals surface area contributed by atoms with Gasteiger partial charge in [-0.2, -0.15) is 0 Å². The van der Waals surface area contributed by atoms with Crippen LogP contribution < -0.4 is 5.73 Å². The van der Waals surface area contributed by atoms with Gasteiger partial charge in [-0.15, -0.1) is 0 Å². The lowest BCUT2D eigenvalue weighted by Crippen LogP contribution is -2.25. The van der Waals surface area contributed by atoms with E-state index in [9.17, 15) is 0 Å². The van der Waals surface area contributed by atoms with Crippen LogP contribution in [0.2, 0.25) is 0 Å². The predicted octanol–water partition coefficient (Wildman–Crippen LogP) is 2.72. The molecule has 0 aliphatic heterocycles. The lowest BCUT2D eigenvalue weighted by atomic mass is 9.98. The van der Waals surface area contributed by atoms with Gasteiger partial charge in [-0.25, -0.2) is 0 Å². The second kappa shape index (κ2) is 3.45. The first-order chi connectivity index (χ1) is 6.24. The van der Waals surface area contributed by atoms with E-state index in [-0.39, 0.29) is 0 Å². The summed E-state index contributed by atoms with van der Waals surface area (Å²) in [6, 6.07) is 0.419. The molecule has 0 aromatic carbocycles. The van der Waals surface area contributed by atoms with Crippen molar-refractivity contribution in [2.75, 3.05) is 0 Å². The van der Waals surface area contributed by atoms with Crippen molar-refractivity contribution in [3.8, 4) is 0 Å². The first-order valence-corrected chi connectivity index (χ1v) is 5.66. The summed E-state index contributed by atoms with van der Waals surface area (Å²) in [6.07, 6.45) is 6.50. The van der Waals surface area contributed by atoms with Gasteiger partial charge in [0.15, 0.2) is 0 Å². The second-order valence-corrected chi connectivity index (χ2v) is 4.81. The summed E-state index contributed by atoms with van der Waals surface area (Å²) in [5.74, 6) is 2.86. The molecule has 2 rings (SSSR count). The fraction of sp³-hybridized carbons (Fsp3) is 0.833. The Morgan fingerprint density at radius 3 is 2.62 bits per heavy atom. The zero-order valence-electron chi connectivity index (χ0n) is 8.63. The van der Waals surface area contributed by atoms with E-state index in [1.807, 2.05) is 0 Å². The first-order valence-electron chi connectivity index (χ1n) is 5.66. The Morgan fingerprint density at radius 1 is 1.46 bits per heavy atom. The van der Waals surface area contributed by atoms with Gasteiger partial charge in [0.2, 0.25) is 0 Å². The van der Waals surface area contributed by atoms with E-state index in [0.717, 1.165) is 30.6 Å². The van der Waals surface area contributed by atoms with Crippen LogP contribution in [0.25, 0.3) is 0 Å². The molecule has 1 heteroatoms. The Kier molecular flexibility index (Phi) is 2.46. The van der Waals surface area contributed by atoms with Crippen LogP contribution in [-0.2, 0) is 0 Å². The second-order valence-electron chi connectivity index (χ2n) is 4.81. The highest BCUT2D eigenvalue weighted by Gasteiger charge is 2.54. The smallest absolute Gasteiger partial charge is 0.0110 e. The molecule has 0 saturated heterocycles. The summed E-state index contributed by atoms with van der Waals surface area (Å²) in [7, 11) is 0. The molecule has 0 heterocycles. The van der Waals surface area contributed by atoms with E-state index >= 15 is 0 Å². The molecule has 0 amide bonds. The van der Waals surface area contributed by atoms with Crippen LogP contribution in [-0.4, -0.2) is 6.04 Å². The maximum atomic E-state index is 6.18. The Hall–Kier alpha value is -0.300. The maximum absolute atomic E-state index is 6.18. The zero-order valence-corrected chi connectivity index (χ0v) is 8.63. The van der Waals surface area contributed by atoms with Crippen molar-refractivity contribution in [1.82, 2.24) is 0 Å². The van der Waals surface area contributed by atoms with Crippen molar-refractivity contribution in [2.24, 2.45) is 23.5 Å². The van der Waals surface area contributed by atoms with Crippen LogP contribution in [0.3, 0.4) is 0 Å². The van der Waals surface area contributed by atoms with E-state index in [2.05, 4.69) is 13.5 Å². The third-order valence-electron chi connectivity index (χ3n) is 3.99. The fourth-order valence-electron chi connectivity index (χ4n) is 3.13. The quantitative estimate of drug-likeness (QED) is 0.660. The monoisotopic (exact) mass is 179 g/mol. The van der Waals surface area contributed by atoms with Gasteiger partial charge in [0.1, 0.15) is 0 Å². The van der Waals surface area contributed by atoms with E-state index < -0.39 is 0 Å². The number of fused-ring (bicyclic) bond motifs is 1. The van der Waals surface area contributed by atoms with Crippen molar-refractivity contribution < 1.29 is 0 Å². The van der Waals surface area contributed by atoms with E-state index in [1.165, 1.54) is 24.8 Å². The van der Waals surface area contributed by atoms with Gasteiger partial charge in [0, 0.05) is 6.04 Å². The summed E-state index contributed by atoms with van der Waals surface area (Å²) < 4.78 is 0. The normalized spacial score (nSPS) is 38.5. The first kappa shape index (κ1) is 9.26. The maximum Gasteiger partial charge on any atom is 0.0110 e. The van der Waals surface area contributed by atoms with Crippen LogP contribution in [0.5, 0.6) is 0 Å². The molecule has 2 aliphatic rings. The predicted molar refractivity (Wildman–Crippen MR) is 56.3 cm³/mol. The molecule has 0 aromatic heterocycles. The van der Waals surface area contributed by atoms with Crippen LogP contribution in [0, 0.1) is 17.8 Å². The van der Waals surface area contributed by atoms with Crippen LogP contribution in [0.4, 0.5) is 0 Å². The number of hydrogen-bond acceptors (Lipinski definition) is 1. The molecule has 0 radical (unpaired) electrons. The average molecular weight is 179 g/mol. The zero-order chi connectivity index (χ0) is 9.42. The summed E-state index contributed by atoms with van der Waals surface area (Å²) in [4.78, 5) is 0. The molecule has 2 N–H and O–H groups in total. The van der Waals surface area contributed by atoms with Gasteiger partial charge in [-0.3, -0.25) is 0 Å². The van der Waals surface area contributed by atoms with Crippen LogP contribution >= 0.6 is 0 Å². The summed E-state index contributed by atoms with van der Waals surface area (Å²) in [5, 5.41) is 0. The minimum absolute atomic E-state index is 0.419. The summed E-state index contributed by atoms with van der Waals surface area (Å²) in [5.41, 5.74) is 7.52. The fourth-order valence-corrected chi connectivity index (χ4v) is 3.13. The third kappa shape index (κ3) is 1.67. The summed E-state index contributed by atoms with van der Waals surface area (Å²) >= 11 is 0. The molecule has 0 bridgehead atoms. The largest absolute Gasteiger partial charge is 0.327 e. The van der Waals surface area contributed by atoms with E-state index in [1.54, 1.807) is 0 Å². The Labute approximate surface area is 81.4 Å². The number of hydrogen-bond donors (Lipinski definition) is 1. The van der Waals surface area contributed by atoms with Gasteiger partial charge in [-0.1, -0.05) is 25.5 Å². The molecule has 0 spiro atoms. The lowest BCUT2D eigenvalue weighted by Gasteiger charge is -2.14. The van der Waals surface area contributed by atoms with Gasteiger partial charge < -0.3 is 5.73 Å². The average Bonchev–Trinajstić information content (AvgIpc) is 2.61. The van der Waals surface area contributed by atoms with Crippen molar-refractivity contribution in [2.45, 2.75) is 45.1 Å². The topological polar surface area (TPSA) is 26.0 Å².